The Hall–Kier alpha value is -2.08. The van der Waals surface area contributed by atoms with E-state index in [0.29, 0.717) is 12.3 Å². The fourth-order valence-electron chi connectivity index (χ4n) is 6.03. The maximum absolute atomic E-state index is 13.2. The zero-order valence-corrected chi connectivity index (χ0v) is 19.3. The van der Waals surface area contributed by atoms with Crippen molar-refractivity contribution in [2.75, 3.05) is 26.8 Å². The van der Waals surface area contributed by atoms with E-state index in [-0.39, 0.29) is 29.5 Å². The summed E-state index contributed by atoms with van der Waals surface area (Å²) < 4.78 is 11.5. The Balaban J connectivity index is 1.19. The molecule has 174 valence electrons. The molecule has 2 heterocycles. The van der Waals surface area contributed by atoms with Crippen LogP contribution in [0, 0.1) is 5.92 Å². The summed E-state index contributed by atoms with van der Waals surface area (Å²) in [5.74, 6) is 1.82. The molecular formula is C26H36N2O4. The van der Waals surface area contributed by atoms with Crippen LogP contribution in [0.2, 0.25) is 0 Å². The molecule has 2 amide bonds. The Bertz CT molecular complexity index is 838. The van der Waals surface area contributed by atoms with Crippen molar-refractivity contribution in [1.29, 1.82) is 0 Å². The van der Waals surface area contributed by atoms with E-state index in [2.05, 4.69) is 4.90 Å². The van der Waals surface area contributed by atoms with Crippen molar-refractivity contribution in [1.82, 2.24) is 9.80 Å². The number of carbonyl (C=O) groups is 2. The third-order valence-electron chi connectivity index (χ3n) is 8.02. The topological polar surface area (TPSA) is 59.1 Å². The van der Waals surface area contributed by atoms with Gasteiger partial charge in [0.25, 0.3) is 5.91 Å². The van der Waals surface area contributed by atoms with Gasteiger partial charge in [-0.3, -0.25) is 9.59 Å². The van der Waals surface area contributed by atoms with Crippen LogP contribution < -0.4 is 4.74 Å². The molecule has 1 aromatic rings. The van der Waals surface area contributed by atoms with Crippen LogP contribution in [0.4, 0.5) is 0 Å². The van der Waals surface area contributed by atoms with Gasteiger partial charge in [0.05, 0.1) is 25.7 Å². The molecule has 2 aliphatic heterocycles. The summed E-state index contributed by atoms with van der Waals surface area (Å²) >= 11 is 0. The van der Waals surface area contributed by atoms with Crippen LogP contribution in [-0.2, 0) is 20.7 Å². The molecule has 6 heteroatoms. The number of carbonyl (C=O) groups excluding carboxylic acids is 2. The number of hydrogen-bond acceptors (Lipinski definition) is 4. The zero-order valence-electron chi connectivity index (χ0n) is 19.3. The summed E-state index contributed by atoms with van der Waals surface area (Å²) in [6.45, 7) is 2.20. The van der Waals surface area contributed by atoms with Crippen molar-refractivity contribution in [3.05, 3.63) is 29.8 Å². The number of benzene rings is 1. The molecule has 6 nitrogen and oxygen atoms in total. The van der Waals surface area contributed by atoms with E-state index >= 15 is 0 Å². The van der Waals surface area contributed by atoms with Gasteiger partial charge in [-0.25, -0.2) is 0 Å². The average molecular weight is 441 g/mol. The number of rotatable bonds is 7. The predicted molar refractivity (Wildman–Crippen MR) is 121 cm³/mol. The quantitative estimate of drug-likeness (QED) is 0.608. The largest absolute Gasteiger partial charge is 0.497 e. The average Bonchev–Trinajstić information content (AvgIpc) is 3.65. The smallest absolute Gasteiger partial charge is 0.254 e. The van der Waals surface area contributed by atoms with Crippen molar-refractivity contribution in [3.8, 4) is 5.75 Å². The minimum Gasteiger partial charge on any atom is -0.497 e. The van der Waals surface area contributed by atoms with E-state index in [1.807, 2.05) is 29.2 Å². The van der Waals surface area contributed by atoms with E-state index in [9.17, 15) is 9.59 Å². The first kappa shape index (κ1) is 21.7. The summed E-state index contributed by atoms with van der Waals surface area (Å²) in [7, 11) is 1.64. The van der Waals surface area contributed by atoms with Gasteiger partial charge < -0.3 is 19.3 Å². The molecule has 1 spiro atoms. The third-order valence-corrected chi connectivity index (χ3v) is 8.02. The Kier molecular flexibility index (Phi) is 6.15. The Morgan fingerprint density at radius 2 is 1.84 bits per heavy atom. The molecule has 2 saturated carbocycles. The van der Waals surface area contributed by atoms with Crippen molar-refractivity contribution in [3.63, 3.8) is 0 Å². The predicted octanol–water partition coefficient (Wildman–Crippen LogP) is 3.57. The molecule has 0 bridgehead atoms. The second kappa shape index (κ2) is 9.05. The molecule has 1 atom stereocenters. The summed E-state index contributed by atoms with van der Waals surface area (Å²) in [6, 6.07) is 7.96. The van der Waals surface area contributed by atoms with Crippen LogP contribution in [-0.4, -0.2) is 66.1 Å². The Morgan fingerprint density at radius 1 is 1.09 bits per heavy atom. The van der Waals surface area contributed by atoms with E-state index in [1.54, 1.807) is 7.11 Å². The lowest BCUT2D eigenvalue weighted by Crippen LogP contribution is -2.78. The fraction of sp³-hybridized carbons (Fsp3) is 0.692. The number of nitrogens with zero attached hydrogens (tertiary/aromatic N) is 2. The highest BCUT2D eigenvalue weighted by molar-refractivity contribution is 5.91. The molecule has 1 aromatic carbocycles. The maximum atomic E-state index is 13.2. The molecule has 2 aliphatic carbocycles. The number of β-lactam (4-membered cyclic amide) rings is 1. The fourth-order valence-corrected chi connectivity index (χ4v) is 6.03. The summed E-state index contributed by atoms with van der Waals surface area (Å²) in [5, 5.41) is 0. The number of amides is 2. The van der Waals surface area contributed by atoms with Gasteiger partial charge in [-0.2, -0.15) is 0 Å². The van der Waals surface area contributed by atoms with Crippen LogP contribution in [0.25, 0.3) is 0 Å². The van der Waals surface area contributed by atoms with Gasteiger partial charge in [-0.15, -0.1) is 0 Å². The highest BCUT2D eigenvalue weighted by Gasteiger charge is 2.62. The number of likely N-dealkylation sites (tertiary alicyclic amines) is 2. The van der Waals surface area contributed by atoms with E-state index in [0.717, 1.165) is 56.7 Å². The molecular weight excluding hydrogens is 404 g/mol. The summed E-state index contributed by atoms with van der Waals surface area (Å²) in [4.78, 5) is 30.2. The molecule has 32 heavy (non-hydrogen) atoms. The Labute approximate surface area is 191 Å². The van der Waals surface area contributed by atoms with Gasteiger partial charge in [0, 0.05) is 19.1 Å². The zero-order chi connectivity index (χ0) is 22.1. The van der Waals surface area contributed by atoms with Crippen LogP contribution in [0.15, 0.2) is 24.3 Å². The second-order valence-corrected chi connectivity index (χ2v) is 10.2. The molecule has 4 aliphatic rings. The number of hydrogen-bond donors (Lipinski definition) is 0. The van der Waals surface area contributed by atoms with E-state index < -0.39 is 0 Å². The van der Waals surface area contributed by atoms with Crippen molar-refractivity contribution in [2.45, 2.75) is 81.9 Å². The molecule has 0 aromatic heterocycles. The summed E-state index contributed by atoms with van der Waals surface area (Å²) in [6.07, 6.45) is 10.2. The standard InChI is InChI=1S/C26H36N2O4/c1-31-22-7-5-6-20(16-22)17-23(29)27-14-10-21(11-15-27)28-25(30)24(32-18-19-8-9-19)26(28)12-3-2-4-13-26/h5-7,16,19,21,24H,2-4,8-15,17-18H2,1H3. The SMILES string of the molecule is COc1cccc(CC(=O)N2CCC(N3C(=O)C(OCC4CC4)C34CCCCC4)CC2)c1. The normalized spacial score (nSPS) is 25.7. The molecule has 1 unspecified atom stereocenters. The number of ether oxygens (including phenoxy) is 2. The lowest BCUT2D eigenvalue weighted by Gasteiger charge is -2.62. The lowest BCUT2D eigenvalue weighted by atomic mass is 9.68. The van der Waals surface area contributed by atoms with E-state index in [1.165, 1.54) is 32.1 Å². The molecule has 0 N–H and O–H groups in total. The van der Waals surface area contributed by atoms with Crippen LogP contribution in [0.3, 0.4) is 0 Å². The molecule has 5 rings (SSSR count). The first-order chi connectivity index (χ1) is 15.6. The minimum atomic E-state index is -0.226. The second-order valence-electron chi connectivity index (χ2n) is 10.2. The van der Waals surface area contributed by atoms with Gasteiger partial charge in [-0.1, -0.05) is 31.4 Å². The highest BCUT2D eigenvalue weighted by Crippen LogP contribution is 2.48. The Morgan fingerprint density at radius 3 is 2.53 bits per heavy atom. The third kappa shape index (κ3) is 4.14. The van der Waals surface area contributed by atoms with Gasteiger partial charge in [-0.05, 0) is 62.1 Å². The first-order valence-electron chi connectivity index (χ1n) is 12.5. The van der Waals surface area contributed by atoms with Crippen LogP contribution in [0.5, 0.6) is 5.75 Å². The summed E-state index contributed by atoms with van der Waals surface area (Å²) in [5.41, 5.74) is 0.896. The lowest BCUT2D eigenvalue weighted by molar-refractivity contribution is -0.211. The molecule has 0 radical (unpaired) electrons. The van der Waals surface area contributed by atoms with Gasteiger partial charge in [0.2, 0.25) is 5.91 Å². The van der Waals surface area contributed by atoms with Crippen molar-refractivity contribution < 1.29 is 19.1 Å². The van der Waals surface area contributed by atoms with Gasteiger partial charge in [0.1, 0.15) is 5.75 Å². The monoisotopic (exact) mass is 440 g/mol. The van der Waals surface area contributed by atoms with Crippen LogP contribution in [0.1, 0.15) is 63.4 Å². The van der Waals surface area contributed by atoms with Crippen LogP contribution >= 0.6 is 0 Å². The minimum absolute atomic E-state index is 0.0817. The number of methoxy groups -OCH3 is 1. The van der Waals surface area contributed by atoms with Gasteiger partial charge in [0.15, 0.2) is 6.10 Å². The molecule has 2 saturated heterocycles. The maximum Gasteiger partial charge on any atom is 0.254 e. The van der Waals surface area contributed by atoms with Gasteiger partial charge >= 0.3 is 0 Å². The molecule has 4 fully saturated rings. The van der Waals surface area contributed by atoms with Crippen molar-refractivity contribution >= 4 is 11.8 Å². The highest BCUT2D eigenvalue weighted by atomic mass is 16.5. The number of piperidine rings is 1. The van der Waals surface area contributed by atoms with E-state index in [4.69, 9.17) is 9.47 Å². The first-order valence-corrected chi connectivity index (χ1v) is 12.5. The van der Waals surface area contributed by atoms with Crippen molar-refractivity contribution in [2.24, 2.45) is 5.92 Å².